The van der Waals surface area contributed by atoms with Crippen LogP contribution in [0.3, 0.4) is 0 Å². The van der Waals surface area contributed by atoms with Crippen LogP contribution < -0.4 is 10.1 Å². The average molecular weight is 218 g/mol. The lowest BCUT2D eigenvalue weighted by Crippen LogP contribution is -2.21. The van der Waals surface area contributed by atoms with Gasteiger partial charge in [0, 0.05) is 6.54 Å². The van der Waals surface area contributed by atoms with Gasteiger partial charge >= 0.3 is 0 Å². The minimum absolute atomic E-state index is 0.376. The van der Waals surface area contributed by atoms with Crippen LogP contribution in [0.5, 0.6) is 5.75 Å². The number of nitrogens with one attached hydrogen (secondary N) is 1. The summed E-state index contributed by atoms with van der Waals surface area (Å²) in [7, 11) is 0. The first kappa shape index (κ1) is 12.4. The third kappa shape index (κ3) is 3.47. The summed E-state index contributed by atoms with van der Waals surface area (Å²) in [6, 6.07) is 10.0. The molecule has 1 rings (SSSR count). The average Bonchev–Trinajstić information content (AvgIpc) is 2.28. The van der Waals surface area contributed by atoms with Crippen molar-refractivity contribution >= 4 is 5.69 Å². The maximum absolute atomic E-state index is 8.92. The van der Waals surface area contributed by atoms with Crippen LogP contribution in [-0.2, 0) is 0 Å². The lowest BCUT2D eigenvalue weighted by molar-refractivity contribution is 0.341. The highest BCUT2D eigenvalue weighted by molar-refractivity contribution is 5.56. The van der Waals surface area contributed by atoms with Gasteiger partial charge in [0.25, 0.3) is 0 Å². The van der Waals surface area contributed by atoms with Gasteiger partial charge in [-0.25, -0.2) is 0 Å². The molecule has 0 unspecified atom stereocenters. The van der Waals surface area contributed by atoms with E-state index in [1.165, 1.54) is 0 Å². The van der Waals surface area contributed by atoms with Crippen LogP contribution in [0.4, 0.5) is 5.69 Å². The normalized spacial score (nSPS) is 10.6. The van der Waals surface area contributed by atoms with E-state index in [2.05, 4.69) is 11.4 Å². The number of para-hydroxylation sites is 2. The summed E-state index contributed by atoms with van der Waals surface area (Å²) in [6.07, 6.45) is 0. The molecule has 0 radical (unpaired) electrons. The Bertz CT molecular complexity index is 380. The van der Waals surface area contributed by atoms with Crippen molar-refractivity contribution in [3.05, 3.63) is 24.3 Å². The largest absolute Gasteiger partial charge is 0.492 e. The zero-order valence-corrected chi connectivity index (χ0v) is 10.1. The summed E-state index contributed by atoms with van der Waals surface area (Å²) in [5.74, 6) is 0.832. The van der Waals surface area contributed by atoms with Crippen molar-refractivity contribution < 1.29 is 4.74 Å². The summed E-state index contributed by atoms with van der Waals surface area (Å²) in [4.78, 5) is 0. The highest BCUT2D eigenvalue weighted by Gasteiger charge is 2.16. The van der Waals surface area contributed by atoms with E-state index >= 15 is 0 Å². The number of nitrogens with zero attached hydrogens (tertiary/aromatic N) is 1. The number of benzene rings is 1. The predicted molar refractivity (Wildman–Crippen MR) is 65.5 cm³/mol. The minimum atomic E-state index is -0.376. The molecule has 16 heavy (non-hydrogen) atoms. The van der Waals surface area contributed by atoms with Crippen molar-refractivity contribution in [2.45, 2.75) is 20.8 Å². The van der Waals surface area contributed by atoms with Crippen LogP contribution in [0.1, 0.15) is 20.8 Å². The fourth-order valence-corrected chi connectivity index (χ4v) is 1.25. The van der Waals surface area contributed by atoms with Gasteiger partial charge in [0.2, 0.25) is 0 Å². The monoisotopic (exact) mass is 218 g/mol. The van der Waals surface area contributed by atoms with Crippen molar-refractivity contribution in [1.29, 1.82) is 5.26 Å². The fourth-order valence-electron chi connectivity index (χ4n) is 1.25. The molecule has 0 aliphatic rings. The molecule has 3 heteroatoms. The van der Waals surface area contributed by atoms with E-state index in [1.807, 2.05) is 45.0 Å². The SMILES string of the molecule is CCOc1ccccc1NCC(C)(C)C#N. The van der Waals surface area contributed by atoms with Crippen molar-refractivity contribution in [2.75, 3.05) is 18.5 Å². The first-order valence-corrected chi connectivity index (χ1v) is 5.46. The Morgan fingerprint density at radius 3 is 2.69 bits per heavy atom. The molecule has 1 aromatic rings. The minimum Gasteiger partial charge on any atom is -0.492 e. The van der Waals surface area contributed by atoms with E-state index in [0.29, 0.717) is 13.2 Å². The highest BCUT2D eigenvalue weighted by Crippen LogP contribution is 2.25. The van der Waals surface area contributed by atoms with E-state index in [-0.39, 0.29) is 5.41 Å². The molecule has 0 saturated heterocycles. The van der Waals surface area contributed by atoms with Crippen LogP contribution in [0.15, 0.2) is 24.3 Å². The molecule has 1 aromatic carbocycles. The van der Waals surface area contributed by atoms with E-state index in [9.17, 15) is 0 Å². The standard InChI is InChI=1S/C13H18N2O/c1-4-16-12-8-6-5-7-11(12)15-10-13(2,3)9-14/h5-8,15H,4,10H2,1-3H3. The summed E-state index contributed by atoms with van der Waals surface area (Å²) < 4.78 is 5.49. The van der Waals surface area contributed by atoms with Crippen LogP contribution in [0.2, 0.25) is 0 Å². The van der Waals surface area contributed by atoms with Gasteiger partial charge < -0.3 is 10.1 Å². The second-order valence-electron chi connectivity index (χ2n) is 4.28. The maximum Gasteiger partial charge on any atom is 0.142 e. The summed E-state index contributed by atoms with van der Waals surface area (Å²) >= 11 is 0. The van der Waals surface area contributed by atoms with Gasteiger partial charge in [-0.15, -0.1) is 0 Å². The number of hydrogen-bond acceptors (Lipinski definition) is 3. The molecule has 0 amide bonds. The Morgan fingerprint density at radius 2 is 2.06 bits per heavy atom. The van der Waals surface area contributed by atoms with Gasteiger partial charge in [-0.1, -0.05) is 12.1 Å². The van der Waals surface area contributed by atoms with Crippen molar-refractivity contribution in [3.8, 4) is 11.8 Å². The molecule has 86 valence electrons. The number of anilines is 1. The molecule has 0 spiro atoms. The Hall–Kier alpha value is -1.69. The molecule has 0 fully saturated rings. The Kier molecular flexibility index (Phi) is 4.19. The second-order valence-corrected chi connectivity index (χ2v) is 4.28. The zero-order valence-electron chi connectivity index (χ0n) is 10.1. The Morgan fingerprint density at radius 1 is 1.38 bits per heavy atom. The van der Waals surface area contributed by atoms with Gasteiger partial charge in [0.15, 0.2) is 0 Å². The smallest absolute Gasteiger partial charge is 0.142 e. The molecular weight excluding hydrogens is 200 g/mol. The zero-order chi connectivity index (χ0) is 12.0. The molecule has 1 N–H and O–H groups in total. The third-order valence-corrected chi connectivity index (χ3v) is 2.21. The lowest BCUT2D eigenvalue weighted by atomic mass is 9.96. The number of rotatable bonds is 5. The third-order valence-electron chi connectivity index (χ3n) is 2.21. The molecule has 0 aliphatic heterocycles. The van der Waals surface area contributed by atoms with Gasteiger partial charge in [0.1, 0.15) is 5.75 Å². The number of ether oxygens (including phenoxy) is 1. The Balaban J connectivity index is 2.70. The van der Waals surface area contributed by atoms with Crippen LogP contribution >= 0.6 is 0 Å². The van der Waals surface area contributed by atoms with Gasteiger partial charge in [-0.05, 0) is 32.9 Å². The van der Waals surface area contributed by atoms with Gasteiger partial charge in [-0.2, -0.15) is 5.26 Å². The molecule has 0 heterocycles. The molecule has 0 atom stereocenters. The fraction of sp³-hybridized carbons (Fsp3) is 0.462. The summed E-state index contributed by atoms with van der Waals surface area (Å²) in [5, 5.41) is 12.2. The van der Waals surface area contributed by atoms with Crippen LogP contribution in [-0.4, -0.2) is 13.2 Å². The number of hydrogen-bond donors (Lipinski definition) is 1. The van der Waals surface area contributed by atoms with Crippen LogP contribution in [0, 0.1) is 16.7 Å². The highest BCUT2D eigenvalue weighted by atomic mass is 16.5. The van der Waals surface area contributed by atoms with E-state index in [4.69, 9.17) is 10.00 Å². The summed E-state index contributed by atoms with van der Waals surface area (Å²) in [6.45, 7) is 7.01. The predicted octanol–water partition coefficient (Wildman–Crippen LogP) is 3.05. The lowest BCUT2D eigenvalue weighted by Gasteiger charge is -2.18. The Labute approximate surface area is 97.0 Å². The van der Waals surface area contributed by atoms with Gasteiger partial charge in [-0.3, -0.25) is 0 Å². The molecule has 0 saturated carbocycles. The van der Waals surface area contributed by atoms with Gasteiger partial charge in [0.05, 0.1) is 23.8 Å². The quantitative estimate of drug-likeness (QED) is 0.826. The van der Waals surface area contributed by atoms with Crippen LogP contribution in [0.25, 0.3) is 0 Å². The molecule has 0 aliphatic carbocycles. The number of nitriles is 1. The first-order chi connectivity index (χ1) is 7.59. The molecular formula is C13H18N2O. The topological polar surface area (TPSA) is 45.0 Å². The van der Waals surface area contributed by atoms with E-state index in [0.717, 1.165) is 11.4 Å². The first-order valence-electron chi connectivity index (χ1n) is 5.46. The maximum atomic E-state index is 8.92. The van der Waals surface area contributed by atoms with E-state index < -0.39 is 0 Å². The van der Waals surface area contributed by atoms with Crippen molar-refractivity contribution in [2.24, 2.45) is 5.41 Å². The van der Waals surface area contributed by atoms with Crippen molar-refractivity contribution in [1.82, 2.24) is 0 Å². The molecule has 0 aromatic heterocycles. The second kappa shape index (κ2) is 5.41. The molecule has 3 nitrogen and oxygen atoms in total. The molecule has 0 bridgehead atoms. The van der Waals surface area contributed by atoms with E-state index in [1.54, 1.807) is 0 Å². The van der Waals surface area contributed by atoms with Crippen molar-refractivity contribution in [3.63, 3.8) is 0 Å². The summed E-state index contributed by atoms with van der Waals surface area (Å²) in [5.41, 5.74) is 0.562.